The van der Waals surface area contributed by atoms with Crippen LogP contribution in [-0.4, -0.2) is 52.2 Å². The number of amides is 1. The molecule has 3 rings (SSSR count). The molecule has 2 aromatic rings. The minimum Gasteiger partial charge on any atom is -0.495 e. The Hall–Kier alpha value is -2.58. The highest BCUT2D eigenvalue weighted by atomic mass is 32.2. The molecule has 32 heavy (non-hydrogen) atoms. The summed E-state index contributed by atoms with van der Waals surface area (Å²) in [6.07, 6.45) is 4.89. The second-order valence-electron chi connectivity index (χ2n) is 8.38. The molecule has 0 aromatic heterocycles. The molecule has 0 aliphatic carbocycles. The average Bonchev–Trinajstić information content (AvgIpc) is 2.76. The van der Waals surface area contributed by atoms with Crippen LogP contribution in [0.3, 0.4) is 0 Å². The number of carbonyl (C=O) groups is 1. The van der Waals surface area contributed by atoms with Crippen LogP contribution >= 0.6 is 0 Å². The van der Waals surface area contributed by atoms with Crippen LogP contribution in [0.4, 0.5) is 5.69 Å². The normalized spacial score (nSPS) is 14.7. The van der Waals surface area contributed by atoms with Gasteiger partial charge in [-0.3, -0.25) is 14.0 Å². The number of carbonyl (C=O) groups excluding carboxylic acids is 1. The summed E-state index contributed by atoms with van der Waals surface area (Å²) in [4.78, 5) is 15.1. The summed E-state index contributed by atoms with van der Waals surface area (Å²) in [5.41, 5.74) is 3.45. The van der Waals surface area contributed by atoms with E-state index in [0.29, 0.717) is 18.0 Å². The number of likely N-dealkylation sites (tertiary alicyclic amines) is 1. The summed E-state index contributed by atoms with van der Waals surface area (Å²) in [6.45, 7) is 5.06. The molecule has 1 fully saturated rings. The average molecular weight is 460 g/mol. The van der Waals surface area contributed by atoms with E-state index < -0.39 is 10.0 Å². The molecule has 0 spiro atoms. The third-order valence-electron chi connectivity index (χ3n) is 5.63. The van der Waals surface area contributed by atoms with Crippen molar-refractivity contribution in [2.24, 2.45) is 0 Å². The van der Waals surface area contributed by atoms with E-state index in [-0.39, 0.29) is 12.5 Å². The number of benzene rings is 2. The third-order valence-corrected chi connectivity index (χ3v) is 6.75. The van der Waals surface area contributed by atoms with E-state index >= 15 is 0 Å². The monoisotopic (exact) mass is 459 g/mol. The molecule has 2 aromatic carbocycles. The number of piperidine rings is 1. The lowest BCUT2D eigenvalue weighted by atomic mass is 10.1. The number of ether oxygens (including phenoxy) is 1. The Bertz CT molecular complexity index is 1030. The second kappa shape index (κ2) is 10.8. The number of nitrogens with one attached hydrogen (secondary N) is 1. The van der Waals surface area contributed by atoms with Crippen molar-refractivity contribution in [2.75, 3.05) is 37.3 Å². The number of aryl methyl sites for hydroxylation is 1. The molecule has 1 amide bonds. The maximum atomic E-state index is 12.7. The lowest BCUT2D eigenvalue weighted by Crippen LogP contribution is -2.40. The molecule has 1 heterocycles. The van der Waals surface area contributed by atoms with E-state index in [0.717, 1.165) is 41.3 Å². The van der Waals surface area contributed by atoms with Gasteiger partial charge in [0.15, 0.2) is 0 Å². The van der Waals surface area contributed by atoms with Crippen LogP contribution in [0.25, 0.3) is 0 Å². The van der Waals surface area contributed by atoms with Crippen molar-refractivity contribution in [1.29, 1.82) is 0 Å². The first kappa shape index (κ1) is 24.1. The molecule has 0 radical (unpaired) electrons. The fourth-order valence-electron chi connectivity index (χ4n) is 3.98. The smallest absolute Gasteiger partial charge is 0.241 e. The topological polar surface area (TPSA) is 79.0 Å². The van der Waals surface area contributed by atoms with Crippen molar-refractivity contribution < 1.29 is 17.9 Å². The summed E-state index contributed by atoms with van der Waals surface area (Å²) < 4.78 is 31.3. The first-order valence-electron chi connectivity index (χ1n) is 11.0. The van der Waals surface area contributed by atoms with Gasteiger partial charge in [0.2, 0.25) is 15.9 Å². The van der Waals surface area contributed by atoms with Gasteiger partial charge in [0, 0.05) is 13.1 Å². The number of hydrogen-bond donors (Lipinski definition) is 1. The lowest BCUT2D eigenvalue weighted by Gasteiger charge is -2.26. The molecule has 174 valence electrons. The molecule has 7 nitrogen and oxygen atoms in total. The van der Waals surface area contributed by atoms with E-state index in [1.165, 1.54) is 31.9 Å². The van der Waals surface area contributed by atoms with Gasteiger partial charge in [-0.15, -0.1) is 0 Å². The number of rotatable bonds is 9. The van der Waals surface area contributed by atoms with Gasteiger partial charge in [0.1, 0.15) is 12.3 Å². The first-order valence-corrected chi connectivity index (χ1v) is 12.8. The zero-order valence-corrected chi connectivity index (χ0v) is 20.0. The Balaban J connectivity index is 1.65. The van der Waals surface area contributed by atoms with Gasteiger partial charge in [0.25, 0.3) is 0 Å². The molecule has 0 atom stereocenters. The van der Waals surface area contributed by atoms with Gasteiger partial charge in [-0.2, -0.15) is 0 Å². The minimum atomic E-state index is -3.68. The van der Waals surface area contributed by atoms with E-state index in [1.807, 2.05) is 25.1 Å². The van der Waals surface area contributed by atoms with E-state index in [9.17, 15) is 13.2 Å². The van der Waals surface area contributed by atoms with Gasteiger partial charge in [-0.1, -0.05) is 36.8 Å². The zero-order chi connectivity index (χ0) is 23.1. The second-order valence-corrected chi connectivity index (χ2v) is 10.3. The Morgan fingerprint density at radius 2 is 1.81 bits per heavy atom. The molecule has 1 saturated heterocycles. The molecule has 1 aliphatic rings. The summed E-state index contributed by atoms with van der Waals surface area (Å²) in [5, 5.41) is 2.85. The summed E-state index contributed by atoms with van der Waals surface area (Å²) in [7, 11) is -2.20. The van der Waals surface area contributed by atoms with Crippen molar-refractivity contribution in [1.82, 2.24) is 10.2 Å². The molecular formula is C24H33N3O4S. The van der Waals surface area contributed by atoms with Crippen molar-refractivity contribution >= 4 is 21.6 Å². The van der Waals surface area contributed by atoms with Crippen LogP contribution in [0.1, 0.15) is 36.0 Å². The lowest BCUT2D eigenvalue weighted by molar-refractivity contribution is -0.119. The van der Waals surface area contributed by atoms with E-state index in [1.54, 1.807) is 12.1 Å². The number of anilines is 1. The molecule has 0 saturated carbocycles. The molecule has 8 heteroatoms. The molecule has 0 bridgehead atoms. The number of hydrogen-bond acceptors (Lipinski definition) is 5. The van der Waals surface area contributed by atoms with Gasteiger partial charge in [-0.25, -0.2) is 8.42 Å². The summed E-state index contributed by atoms with van der Waals surface area (Å²) >= 11 is 0. The predicted octanol–water partition coefficient (Wildman–Crippen LogP) is 3.07. The molecule has 1 aliphatic heterocycles. The number of sulfonamides is 1. The maximum absolute atomic E-state index is 12.7. The predicted molar refractivity (Wildman–Crippen MR) is 127 cm³/mol. The van der Waals surface area contributed by atoms with Crippen molar-refractivity contribution in [3.8, 4) is 5.75 Å². The van der Waals surface area contributed by atoms with Gasteiger partial charge >= 0.3 is 0 Å². The number of nitrogens with zero attached hydrogens (tertiary/aromatic N) is 2. The fourth-order valence-corrected chi connectivity index (χ4v) is 4.83. The Labute approximate surface area is 191 Å². The first-order chi connectivity index (χ1) is 15.3. The fraction of sp³-hybridized carbons (Fsp3) is 0.458. The van der Waals surface area contributed by atoms with Gasteiger partial charge in [-0.05, 0) is 61.7 Å². The minimum absolute atomic E-state index is 0.313. The Morgan fingerprint density at radius 1 is 1.09 bits per heavy atom. The number of methoxy groups -OCH3 is 1. The quantitative estimate of drug-likeness (QED) is 0.624. The van der Waals surface area contributed by atoms with E-state index in [2.05, 4.69) is 22.3 Å². The van der Waals surface area contributed by atoms with Crippen LogP contribution in [0.2, 0.25) is 0 Å². The SMILES string of the molecule is COc1ccc(C)cc1N(CC(=O)NCc1cccc(CN2CCCCC2)c1)S(C)(=O)=O. The standard InChI is InChI=1S/C24H33N3O4S/c1-19-10-11-23(31-2)22(14-19)27(32(3,29)30)18-24(28)25-16-20-8-7-9-21(15-20)17-26-12-5-4-6-13-26/h7-11,14-15H,4-6,12-13,16-18H2,1-3H3,(H,25,28). The zero-order valence-electron chi connectivity index (χ0n) is 19.1. The molecule has 1 N–H and O–H groups in total. The van der Waals surface area contributed by atoms with Gasteiger partial charge < -0.3 is 10.1 Å². The van der Waals surface area contributed by atoms with Crippen LogP contribution in [0.5, 0.6) is 5.75 Å². The van der Waals surface area contributed by atoms with Crippen LogP contribution in [0, 0.1) is 6.92 Å². The maximum Gasteiger partial charge on any atom is 0.241 e. The molecular weight excluding hydrogens is 426 g/mol. The highest BCUT2D eigenvalue weighted by Crippen LogP contribution is 2.30. The van der Waals surface area contributed by atoms with Gasteiger partial charge in [0.05, 0.1) is 19.1 Å². The van der Waals surface area contributed by atoms with Crippen LogP contribution in [-0.2, 0) is 27.9 Å². The van der Waals surface area contributed by atoms with Crippen LogP contribution < -0.4 is 14.4 Å². The van der Waals surface area contributed by atoms with Crippen molar-refractivity contribution in [3.05, 3.63) is 59.2 Å². The molecule has 0 unspecified atom stereocenters. The van der Waals surface area contributed by atoms with E-state index in [4.69, 9.17) is 4.74 Å². The van der Waals surface area contributed by atoms with Crippen molar-refractivity contribution in [2.45, 2.75) is 39.3 Å². The highest BCUT2D eigenvalue weighted by Gasteiger charge is 2.24. The third kappa shape index (κ3) is 6.71. The highest BCUT2D eigenvalue weighted by molar-refractivity contribution is 7.92. The largest absolute Gasteiger partial charge is 0.495 e. The summed E-state index contributed by atoms with van der Waals surface area (Å²) in [5.74, 6) is 0.0275. The van der Waals surface area contributed by atoms with Crippen molar-refractivity contribution in [3.63, 3.8) is 0 Å². The Kier molecular flexibility index (Phi) is 8.15. The van der Waals surface area contributed by atoms with Crippen LogP contribution in [0.15, 0.2) is 42.5 Å². The summed E-state index contributed by atoms with van der Waals surface area (Å²) in [6, 6.07) is 13.4. The Morgan fingerprint density at radius 3 is 2.50 bits per heavy atom.